The van der Waals surface area contributed by atoms with E-state index < -0.39 is 12.3 Å². The van der Waals surface area contributed by atoms with E-state index in [1.54, 1.807) is 16.6 Å². The fraction of sp³-hybridized carbons (Fsp3) is 0.458. The van der Waals surface area contributed by atoms with Crippen LogP contribution in [0.2, 0.25) is 0 Å². The summed E-state index contributed by atoms with van der Waals surface area (Å²) in [6.45, 7) is 3.14. The fourth-order valence-electron chi connectivity index (χ4n) is 4.47. The maximum Gasteiger partial charge on any atom is 0.240 e. The number of morpholine rings is 1. The lowest BCUT2D eigenvalue weighted by atomic mass is 9.96. The third-order valence-electron chi connectivity index (χ3n) is 6.39. The van der Waals surface area contributed by atoms with E-state index in [4.69, 9.17) is 9.47 Å². The van der Waals surface area contributed by atoms with Crippen molar-refractivity contribution in [1.29, 1.82) is 0 Å². The number of carbonyl (C=O) groups is 1. The Balaban J connectivity index is 1.15. The van der Waals surface area contributed by atoms with Gasteiger partial charge in [-0.05, 0) is 55.3 Å². The SMILES string of the molecule is O=C(CN1CCOCC1)Nc1nc2ccc(Sc3nnc4ccc(O[C@@H]5CCCC[C@H]5F)nn34)cc2s1. The van der Waals surface area contributed by atoms with Gasteiger partial charge in [0.25, 0.3) is 0 Å². The zero-order valence-corrected chi connectivity index (χ0v) is 21.6. The largest absolute Gasteiger partial charge is 0.470 e. The molecule has 10 nitrogen and oxygen atoms in total. The molecular weight excluding hydrogens is 517 g/mol. The van der Waals surface area contributed by atoms with Gasteiger partial charge in [0.15, 0.2) is 10.8 Å². The van der Waals surface area contributed by atoms with Gasteiger partial charge in [-0.1, -0.05) is 17.8 Å². The van der Waals surface area contributed by atoms with E-state index in [-0.39, 0.29) is 5.91 Å². The molecule has 0 radical (unpaired) electrons. The Kier molecular flexibility index (Phi) is 7.18. The number of rotatable bonds is 7. The third kappa shape index (κ3) is 5.69. The molecule has 1 aromatic carbocycles. The Morgan fingerprint density at radius 1 is 1.19 bits per heavy atom. The number of hydrogen-bond acceptors (Lipinski definition) is 10. The predicted octanol–water partition coefficient (Wildman–Crippen LogP) is 3.82. The van der Waals surface area contributed by atoms with Gasteiger partial charge in [-0.3, -0.25) is 9.69 Å². The first kappa shape index (κ1) is 24.5. The summed E-state index contributed by atoms with van der Waals surface area (Å²) in [6, 6.07) is 9.35. The molecule has 0 unspecified atom stereocenters. The van der Waals surface area contributed by atoms with Crippen molar-refractivity contribution in [2.75, 3.05) is 38.2 Å². The van der Waals surface area contributed by atoms with Crippen LogP contribution in [-0.4, -0.2) is 80.7 Å². The monoisotopic (exact) mass is 543 g/mol. The van der Waals surface area contributed by atoms with Crippen LogP contribution in [0, 0.1) is 0 Å². The van der Waals surface area contributed by atoms with Gasteiger partial charge in [0.1, 0.15) is 12.3 Å². The topological polar surface area (TPSA) is 107 Å². The molecular formula is C24H26FN7O3S2. The van der Waals surface area contributed by atoms with Crippen molar-refractivity contribution in [2.45, 2.75) is 48.0 Å². The molecule has 1 saturated heterocycles. The first-order chi connectivity index (χ1) is 18.1. The van der Waals surface area contributed by atoms with Gasteiger partial charge < -0.3 is 14.8 Å². The molecule has 1 amide bonds. The van der Waals surface area contributed by atoms with Gasteiger partial charge in [0.2, 0.25) is 16.9 Å². The minimum absolute atomic E-state index is 0.0816. The number of aromatic nitrogens is 5. The number of nitrogens with one attached hydrogen (secondary N) is 1. The van der Waals surface area contributed by atoms with Crippen LogP contribution < -0.4 is 10.1 Å². The molecule has 0 spiro atoms. The van der Waals surface area contributed by atoms with Crippen LogP contribution in [0.3, 0.4) is 0 Å². The van der Waals surface area contributed by atoms with E-state index in [1.807, 2.05) is 18.2 Å². The Bertz CT molecular complexity index is 1410. The summed E-state index contributed by atoms with van der Waals surface area (Å²) >= 11 is 2.84. The van der Waals surface area contributed by atoms with Crippen molar-refractivity contribution in [2.24, 2.45) is 0 Å². The predicted molar refractivity (Wildman–Crippen MR) is 138 cm³/mol. The Morgan fingerprint density at radius 2 is 2.05 bits per heavy atom. The molecule has 4 aromatic rings. The fourth-order valence-corrected chi connectivity index (χ4v) is 6.29. The van der Waals surface area contributed by atoms with Crippen molar-refractivity contribution in [3.8, 4) is 5.88 Å². The number of anilines is 1. The highest BCUT2D eigenvalue weighted by molar-refractivity contribution is 7.99. The number of nitrogens with zero attached hydrogens (tertiary/aromatic N) is 6. The van der Waals surface area contributed by atoms with Gasteiger partial charge in [-0.2, -0.15) is 4.52 Å². The zero-order valence-electron chi connectivity index (χ0n) is 20.0. The molecule has 13 heteroatoms. The Morgan fingerprint density at radius 3 is 2.92 bits per heavy atom. The van der Waals surface area contributed by atoms with Crippen molar-refractivity contribution < 1.29 is 18.7 Å². The minimum atomic E-state index is -0.971. The molecule has 1 aliphatic carbocycles. The van der Waals surface area contributed by atoms with Crippen LogP contribution in [0.4, 0.5) is 9.52 Å². The molecule has 1 N–H and O–H groups in total. The lowest BCUT2D eigenvalue weighted by molar-refractivity contribution is -0.118. The molecule has 2 aliphatic rings. The number of carbonyl (C=O) groups excluding carboxylic acids is 1. The molecule has 1 saturated carbocycles. The second-order valence-electron chi connectivity index (χ2n) is 9.07. The molecule has 3 aromatic heterocycles. The highest BCUT2D eigenvalue weighted by Crippen LogP contribution is 2.33. The molecule has 0 bridgehead atoms. The summed E-state index contributed by atoms with van der Waals surface area (Å²) in [6.07, 6.45) is 1.63. The molecule has 1 aliphatic heterocycles. The van der Waals surface area contributed by atoms with E-state index >= 15 is 0 Å². The first-order valence-electron chi connectivity index (χ1n) is 12.3. The van der Waals surface area contributed by atoms with Gasteiger partial charge in [0, 0.05) is 24.1 Å². The molecule has 2 fully saturated rings. The molecule has 194 valence electrons. The summed E-state index contributed by atoms with van der Waals surface area (Å²) in [5, 5.41) is 17.0. The van der Waals surface area contributed by atoms with E-state index in [2.05, 4.69) is 30.5 Å². The molecule has 2 atom stereocenters. The van der Waals surface area contributed by atoms with Crippen LogP contribution in [0.15, 0.2) is 40.4 Å². The number of halogens is 1. The maximum absolute atomic E-state index is 14.2. The summed E-state index contributed by atoms with van der Waals surface area (Å²) in [7, 11) is 0. The van der Waals surface area contributed by atoms with E-state index in [0.29, 0.717) is 54.4 Å². The second kappa shape index (κ2) is 10.9. The van der Waals surface area contributed by atoms with Crippen LogP contribution in [0.1, 0.15) is 25.7 Å². The summed E-state index contributed by atoms with van der Waals surface area (Å²) in [5.41, 5.74) is 1.39. The van der Waals surface area contributed by atoms with Gasteiger partial charge in [-0.15, -0.1) is 15.3 Å². The first-order valence-corrected chi connectivity index (χ1v) is 14.0. The number of fused-ring (bicyclic) bond motifs is 2. The normalized spacial score (nSPS) is 20.9. The van der Waals surface area contributed by atoms with Crippen LogP contribution in [0.5, 0.6) is 5.88 Å². The number of hydrogen-bond donors (Lipinski definition) is 1. The number of ether oxygens (including phenoxy) is 2. The quantitative estimate of drug-likeness (QED) is 0.372. The van der Waals surface area contributed by atoms with Crippen LogP contribution in [-0.2, 0) is 9.53 Å². The smallest absolute Gasteiger partial charge is 0.240 e. The number of thiazole rings is 1. The van der Waals surface area contributed by atoms with Gasteiger partial charge in [-0.25, -0.2) is 9.37 Å². The highest BCUT2D eigenvalue weighted by Gasteiger charge is 2.27. The lowest BCUT2D eigenvalue weighted by Crippen LogP contribution is -2.41. The highest BCUT2D eigenvalue weighted by atomic mass is 32.2. The Hall–Kier alpha value is -2.87. The number of benzene rings is 1. The third-order valence-corrected chi connectivity index (χ3v) is 8.25. The zero-order chi connectivity index (χ0) is 25.2. The van der Waals surface area contributed by atoms with Crippen molar-refractivity contribution >= 4 is 50.0 Å². The molecule has 37 heavy (non-hydrogen) atoms. The number of amides is 1. The van der Waals surface area contributed by atoms with Crippen molar-refractivity contribution in [1.82, 2.24) is 29.7 Å². The van der Waals surface area contributed by atoms with Gasteiger partial charge >= 0.3 is 0 Å². The van der Waals surface area contributed by atoms with Crippen molar-refractivity contribution in [3.63, 3.8) is 0 Å². The summed E-state index contributed by atoms with van der Waals surface area (Å²) in [4.78, 5) is 20.0. The van der Waals surface area contributed by atoms with Gasteiger partial charge in [0.05, 0.1) is 30.0 Å². The Labute approximate surface area is 220 Å². The van der Waals surface area contributed by atoms with E-state index in [0.717, 1.165) is 41.0 Å². The molecule has 4 heterocycles. The standard InChI is InChI=1S/C24H26FN7O3S2/c25-16-3-1-2-4-18(16)35-22-8-7-20-28-29-24(32(20)30-22)36-15-5-6-17-19(13-15)37-23(26-17)27-21(33)14-31-9-11-34-12-10-31/h5-8,13,16,18H,1-4,9-12,14H2,(H,26,27,33)/t16-,18-/m1/s1. The van der Waals surface area contributed by atoms with E-state index in [9.17, 15) is 9.18 Å². The lowest BCUT2D eigenvalue weighted by Gasteiger charge is -2.25. The maximum atomic E-state index is 14.2. The van der Waals surface area contributed by atoms with Crippen LogP contribution in [0.25, 0.3) is 15.9 Å². The minimum Gasteiger partial charge on any atom is -0.470 e. The average Bonchev–Trinajstić information content (AvgIpc) is 3.49. The van der Waals surface area contributed by atoms with Crippen LogP contribution >= 0.6 is 23.1 Å². The summed E-state index contributed by atoms with van der Waals surface area (Å²) < 4.78 is 28.0. The second-order valence-corrected chi connectivity index (χ2v) is 11.1. The number of alkyl halides is 1. The average molecular weight is 544 g/mol. The van der Waals surface area contributed by atoms with Crippen molar-refractivity contribution in [3.05, 3.63) is 30.3 Å². The molecule has 6 rings (SSSR count). The summed E-state index contributed by atoms with van der Waals surface area (Å²) in [5.74, 6) is 0.279. The van der Waals surface area contributed by atoms with E-state index in [1.165, 1.54) is 23.1 Å².